The van der Waals surface area contributed by atoms with Crippen LogP contribution in [0, 0.1) is 13.8 Å². The molecule has 0 aliphatic heterocycles. The molecule has 16 heavy (non-hydrogen) atoms. The zero-order valence-corrected chi connectivity index (χ0v) is 9.57. The Bertz CT molecular complexity index is 561. The van der Waals surface area contributed by atoms with E-state index in [9.17, 15) is 4.79 Å². The predicted octanol–water partition coefficient (Wildman–Crippen LogP) is 2.64. The normalized spacial score (nSPS) is 10.4. The van der Waals surface area contributed by atoms with Gasteiger partial charge in [0.05, 0.1) is 18.2 Å². The predicted molar refractivity (Wildman–Crippen MR) is 62.6 cm³/mol. The number of carbonyl (C=O) groups is 1. The summed E-state index contributed by atoms with van der Waals surface area (Å²) in [7, 11) is 1.39. The van der Waals surface area contributed by atoms with Gasteiger partial charge in [-0.3, -0.25) is 4.98 Å². The fourth-order valence-electron chi connectivity index (χ4n) is 1.84. The zero-order chi connectivity index (χ0) is 11.7. The highest BCUT2D eigenvalue weighted by molar-refractivity contribution is 6.05. The first-order valence-corrected chi connectivity index (χ1v) is 5.08. The highest BCUT2D eigenvalue weighted by Crippen LogP contribution is 2.23. The average Bonchev–Trinajstić information content (AvgIpc) is 2.28. The van der Waals surface area contributed by atoms with E-state index in [2.05, 4.69) is 4.98 Å². The zero-order valence-electron chi connectivity index (χ0n) is 9.57. The number of pyridine rings is 1. The maximum atomic E-state index is 11.7. The van der Waals surface area contributed by atoms with Gasteiger partial charge in [-0.1, -0.05) is 18.2 Å². The lowest BCUT2D eigenvalue weighted by molar-refractivity contribution is 0.0602. The minimum absolute atomic E-state index is 0.310. The van der Waals surface area contributed by atoms with Gasteiger partial charge in [0.15, 0.2) is 0 Å². The first-order valence-electron chi connectivity index (χ1n) is 5.08. The van der Waals surface area contributed by atoms with Crippen molar-refractivity contribution >= 4 is 16.9 Å². The van der Waals surface area contributed by atoms with Gasteiger partial charge in [-0.05, 0) is 25.0 Å². The second kappa shape index (κ2) is 3.93. The summed E-state index contributed by atoms with van der Waals surface area (Å²) in [5, 5.41) is 0.854. The quantitative estimate of drug-likeness (QED) is 0.686. The molecule has 2 aromatic rings. The van der Waals surface area contributed by atoms with E-state index in [1.807, 2.05) is 32.0 Å². The Hall–Kier alpha value is -1.90. The van der Waals surface area contributed by atoms with Crippen LogP contribution in [-0.2, 0) is 4.74 Å². The molecule has 0 unspecified atom stereocenters. The van der Waals surface area contributed by atoms with Gasteiger partial charge in [-0.15, -0.1) is 0 Å². The Kier molecular flexibility index (Phi) is 2.60. The van der Waals surface area contributed by atoms with Crippen LogP contribution in [-0.4, -0.2) is 18.1 Å². The summed E-state index contributed by atoms with van der Waals surface area (Å²) in [6, 6.07) is 5.80. The van der Waals surface area contributed by atoms with Gasteiger partial charge in [-0.2, -0.15) is 0 Å². The average molecular weight is 215 g/mol. The molecule has 1 aromatic heterocycles. The number of benzene rings is 1. The number of rotatable bonds is 1. The van der Waals surface area contributed by atoms with E-state index in [4.69, 9.17) is 4.74 Å². The third-order valence-electron chi connectivity index (χ3n) is 2.68. The molecule has 0 radical (unpaired) electrons. The van der Waals surface area contributed by atoms with Crippen LogP contribution in [0.3, 0.4) is 0 Å². The highest BCUT2D eigenvalue weighted by Gasteiger charge is 2.14. The smallest absolute Gasteiger partial charge is 0.338 e. The summed E-state index contributed by atoms with van der Waals surface area (Å²) in [6.07, 6.45) is 1.71. The maximum absolute atomic E-state index is 11.7. The fourth-order valence-corrected chi connectivity index (χ4v) is 1.84. The minimum Gasteiger partial charge on any atom is -0.465 e. The molecule has 0 N–H and O–H groups in total. The van der Waals surface area contributed by atoms with E-state index in [0.717, 1.165) is 22.0 Å². The number of methoxy groups -OCH3 is 1. The lowest BCUT2D eigenvalue weighted by Crippen LogP contribution is -2.06. The van der Waals surface area contributed by atoms with Crippen molar-refractivity contribution in [3.05, 3.63) is 41.1 Å². The molecule has 0 spiro atoms. The molecule has 0 saturated carbocycles. The SMILES string of the molecule is COC(=O)c1c(C)cnc2c(C)cccc12. The van der Waals surface area contributed by atoms with E-state index >= 15 is 0 Å². The van der Waals surface area contributed by atoms with E-state index < -0.39 is 0 Å². The van der Waals surface area contributed by atoms with Crippen LogP contribution in [0.5, 0.6) is 0 Å². The van der Waals surface area contributed by atoms with Crippen molar-refractivity contribution in [3.8, 4) is 0 Å². The molecule has 2 rings (SSSR count). The Morgan fingerprint density at radius 2 is 2.00 bits per heavy atom. The number of fused-ring (bicyclic) bond motifs is 1. The molecule has 0 fully saturated rings. The van der Waals surface area contributed by atoms with Crippen LogP contribution in [0.2, 0.25) is 0 Å². The summed E-state index contributed by atoms with van der Waals surface area (Å²) in [5.41, 5.74) is 3.36. The van der Waals surface area contributed by atoms with Gasteiger partial charge < -0.3 is 4.74 Å². The van der Waals surface area contributed by atoms with Gasteiger partial charge >= 0.3 is 5.97 Å². The number of hydrogen-bond acceptors (Lipinski definition) is 3. The third-order valence-corrected chi connectivity index (χ3v) is 2.68. The van der Waals surface area contributed by atoms with Crippen LogP contribution in [0.1, 0.15) is 21.5 Å². The monoisotopic (exact) mass is 215 g/mol. The van der Waals surface area contributed by atoms with E-state index in [1.165, 1.54) is 7.11 Å². The topological polar surface area (TPSA) is 39.2 Å². The highest BCUT2D eigenvalue weighted by atomic mass is 16.5. The van der Waals surface area contributed by atoms with E-state index in [0.29, 0.717) is 5.56 Å². The number of aromatic nitrogens is 1. The van der Waals surface area contributed by atoms with Gasteiger partial charge in [0.2, 0.25) is 0 Å². The van der Waals surface area contributed by atoms with Crippen LogP contribution < -0.4 is 0 Å². The van der Waals surface area contributed by atoms with Crippen molar-refractivity contribution in [1.29, 1.82) is 0 Å². The molecule has 82 valence electrons. The van der Waals surface area contributed by atoms with Crippen molar-refractivity contribution in [3.63, 3.8) is 0 Å². The second-order valence-corrected chi connectivity index (χ2v) is 3.78. The Balaban J connectivity index is 2.85. The lowest BCUT2D eigenvalue weighted by atomic mass is 10.0. The van der Waals surface area contributed by atoms with Gasteiger partial charge in [0.1, 0.15) is 0 Å². The Morgan fingerprint density at radius 3 is 2.69 bits per heavy atom. The van der Waals surface area contributed by atoms with Gasteiger partial charge in [0.25, 0.3) is 0 Å². The largest absolute Gasteiger partial charge is 0.465 e. The standard InChI is InChI=1S/C13H13NO2/c1-8-5-4-6-10-11(13(15)16-3)9(2)7-14-12(8)10/h4-7H,1-3H3. The molecule has 0 aliphatic rings. The summed E-state index contributed by atoms with van der Waals surface area (Å²) in [5.74, 6) is -0.310. The van der Waals surface area contributed by atoms with E-state index in [1.54, 1.807) is 6.20 Å². The molecule has 0 amide bonds. The van der Waals surface area contributed by atoms with Crippen molar-refractivity contribution in [2.75, 3.05) is 7.11 Å². The summed E-state index contributed by atoms with van der Waals surface area (Å²) in [6.45, 7) is 3.84. The van der Waals surface area contributed by atoms with Crippen LogP contribution >= 0.6 is 0 Å². The number of aryl methyl sites for hydroxylation is 2. The van der Waals surface area contributed by atoms with Crippen molar-refractivity contribution in [2.45, 2.75) is 13.8 Å². The van der Waals surface area contributed by atoms with Crippen LogP contribution in [0.15, 0.2) is 24.4 Å². The molecule has 0 aliphatic carbocycles. The maximum Gasteiger partial charge on any atom is 0.338 e. The Morgan fingerprint density at radius 1 is 1.25 bits per heavy atom. The van der Waals surface area contributed by atoms with Gasteiger partial charge in [-0.25, -0.2) is 4.79 Å². The Labute approximate surface area is 94.1 Å². The number of carbonyl (C=O) groups excluding carboxylic acids is 1. The molecular weight excluding hydrogens is 202 g/mol. The molecule has 1 aromatic carbocycles. The molecule has 0 saturated heterocycles. The van der Waals surface area contributed by atoms with Crippen molar-refractivity contribution in [2.24, 2.45) is 0 Å². The summed E-state index contributed by atoms with van der Waals surface area (Å²) < 4.78 is 4.80. The summed E-state index contributed by atoms with van der Waals surface area (Å²) >= 11 is 0. The van der Waals surface area contributed by atoms with E-state index in [-0.39, 0.29) is 5.97 Å². The number of ether oxygens (including phenoxy) is 1. The molecule has 3 heteroatoms. The third kappa shape index (κ3) is 1.54. The van der Waals surface area contributed by atoms with Crippen molar-refractivity contribution < 1.29 is 9.53 Å². The number of nitrogens with zero attached hydrogens (tertiary/aromatic N) is 1. The minimum atomic E-state index is -0.310. The number of esters is 1. The molecular formula is C13H13NO2. The number of para-hydroxylation sites is 1. The second-order valence-electron chi connectivity index (χ2n) is 3.78. The van der Waals surface area contributed by atoms with Crippen molar-refractivity contribution in [1.82, 2.24) is 4.98 Å². The number of hydrogen-bond donors (Lipinski definition) is 0. The molecule has 0 bridgehead atoms. The molecule has 0 atom stereocenters. The van der Waals surface area contributed by atoms with Gasteiger partial charge in [0, 0.05) is 11.6 Å². The lowest BCUT2D eigenvalue weighted by Gasteiger charge is -2.08. The first kappa shape index (κ1) is 10.6. The first-order chi connectivity index (χ1) is 7.65. The molecule has 1 heterocycles. The fraction of sp³-hybridized carbons (Fsp3) is 0.231. The van der Waals surface area contributed by atoms with Crippen LogP contribution in [0.4, 0.5) is 0 Å². The molecule has 3 nitrogen and oxygen atoms in total. The van der Waals surface area contributed by atoms with Crippen LogP contribution in [0.25, 0.3) is 10.9 Å². The summed E-state index contributed by atoms with van der Waals surface area (Å²) in [4.78, 5) is 16.1.